The van der Waals surface area contributed by atoms with Gasteiger partial charge in [-0.1, -0.05) is 0 Å². The SMILES string of the molecule is CN1CCC(F)NCCC(F)NCCC(F)NCCC1F. The maximum absolute atomic E-state index is 13.8. The topological polar surface area (TPSA) is 39.3 Å². The average Bonchev–Trinajstić information content (AvgIpc) is 2.43. The molecule has 0 radical (unpaired) electrons. The molecule has 4 atom stereocenters. The molecule has 0 aromatic heterocycles. The summed E-state index contributed by atoms with van der Waals surface area (Å²) in [6.45, 7) is 0.775. The third-order valence-corrected chi connectivity index (χ3v) is 3.49. The van der Waals surface area contributed by atoms with Gasteiger partial charge in [-0.25, -0.2) is 17.6 Å². The minimum absolute atomic E-state index is 0.104. The summed E-state index contributed by atoms with van der Waals surface area (Å²) in [4.78, 5) is 1.40. The standard InChI is InChI=1S/C13H26F4N4/c1-21-9-5-12(16)19-7-3-10(14)18-6-2-11(15)20-8-4-13(21)17/h10-13,18-20H,2-9H2,1H3. The number of alkyl halides is 4. The fraction of sp³-hybridized carbons (Fsp3) is 1.00. The number of halogens is 4. The van der Waals surface area contributed by atoms with Crippen molar-refractivity contribution in [2.45, 2.75) is 50.9 Å². The zero-order chi connectivity index (χ0) is 15.7. The Labute approximate surface area is 123 Å². The van der Waals surface area contributed by atoms with Gasteiger partial charge < -0.3 is 0 Å². The summed E-state index contributed by atoms with van der Waals surface area (Å²) in [5.41, 5.74) is 0. The van der Waals surface area contributed by atoms with Crippen LogP contribution >= 0.6 is 0 Å². The van der Waals surface area contributed by atoms with Gasteiger partial charge in [0, 0.05) is 51.9 Å². The zero-order valence-electron chi connectivity index (χ0n) is 12.4. The molecule has 8 heteroatoms. The molecule has 4 unspecified atom stereocenters. The molecule has 1 aliphatic heterocycles. The molecule has 0 aliphatic carbocycles. The number of nitrogens with zero attached hydrogens (tertiary/aromatic N) is 1. The van der Waals surface area contributed by atoms with Gasteiger partial charge in [0.1, 0.15) is 0 Å². The number of hydrogen-bond donors (Lipinski definition) is 3. The summed E-state index contributed by atoms with van der Waals surface area (Å²) in [5.74, 6) is 0. The van der Waals surface area contributed by atoms with Gasteiger partial charge >= 0.3 is 0 Å². The first-order valence-electron chi connectivity index (χ1n) is 7.45. The van der Waals surface area contributed by atoms with E-state index >= 15 is 0 Å². The molecule has 1 fully saturated rings. The van der Waals surface area contributed by atoms with Crippen molar-refractivity contribution in [3.63, 3.8) is 0 Å². The Kier molecular flexibility index (Phi) is 9.14. The van der Waals surface area contributed by atoms with Crippen LogP contribution in [0.2, 0.25) is 0 Å². The van der Waals surface area contributed by atoms with E-state index in [2.05, 4.69) is 16.0 Å². The fourth-order valence-corrected chi connectivity index (χ4v) is 2.08. The summed E-state index contributed by atoms with van der Waals surface area (Å²) in [5, 5.41) is 7.65. The lowest BCUT2D eigenvalue weighted by Gasteiger charge is -2.23. The summed E-state index contributed by atoms with van der Waals surface area (Å²) < 4.78 is 54.1. The van der Waals surface area contributed by atoms with Crippen molar-refractivity contribution in [3.05, 3.63) is 0 Å². The zero-order valence-corrected chi connectivity index (χ0v) is 12.4. The van der Waals surface area contributed by atoms with Crippen LogP contribution in [-0.4, -0.2) is 63.3 Å². The Bertz CT molecular complexity index is 273. The lowest BCUT2D eigenvalue weighted by molar-refractivity contribution is 0.0838. The van der Waals surface area contributed by atoms with Crippen LogP contribution in [0.25, 0.3) is 0 Å². The monoisotopic (exact) mass is 314 g/mol. The van der Waals surface area contributed by atoms with Gasteiger partial charge in [-0.05, 0) is 7.05 Å². The minimum atomic E-state index is -1.29. The van der Waals surface area contributed by atoms with E-state index in [1.807, 2.05) is 0 Å². The van der Waals surface area contributed by atoms with Crippen LogP contribution in [0.5, 0.6) is 0 Å². The van der Waals surface area contributed by atoms with E-state index in [1.54, 1.807) is 7.05 Å². The molecule has 0 saturated carbocycles. The third-order valence-electron chi connectivity index (χ3n) is 3.49. The van der Waals surface area contributed by atoms with Crippen LogP contribution in [0.4, 0.5) is 17.6 Å². The molecule has 126 valence electrons. The van der Waals surface area contributed by atoms with Crippen molar-refractivity contribution in [1.82, 2.24) is 20.9 Å². The summed E-state index contributed by atoms with van der Waals surface area (Å²) in [6.07, 6.45) is -4.64. The lowest BCUT2D eigenvalue weighted by Crippen LogP contribution is -2.39. The summed E-state index contributed by atoms with van der Waals surface area (Å²) >= 11 is 0. The highest BCUT2D eigenvalue weighted by molar-refractivity contribution is 4.67. The van der Waals surface area contributed by atoms with Crippen LogP contribution in [0, 0.1) is 0 Å². The second kappa shape index (κ2) is 10.3. The van der Waals surface area contributed by atoms with Gasteiger partial charge in [-0.2, -0.15) is 0 Å². The predicted octanol–water partition coefficient (Wildman–Crippen LogP) is 1.44. The number of nitrogens with one attached hydrogen (secondary N) is 3. The van der Waals surface area contributed by atoms with E-state index in [1.165, 1.54) is 4.90 Å². The van der Waals surface area contributed by atoms with Gasteiger partial charge in [-0.15, -0.1) is 0 Å². The molecule has 1 heterocycles. The van der Waals surface area contributed by atoms with E-state index in [4.69, 9.17) is 0 Å². The third kappa shape index (κ3) is 8.55. The Balaban J connectivity index is 2.43. The molecule has 0 amide bonds. The maximum atomic E-state index is 13.8. The average molecular weight is 314 g/mol. The molecule has 21 heavy (non-hydrogen) atoms. The van der Waals surface area contributed by atoms with Crippen LogP contribution in [0.1, 0.15) is 25.7 Å². The molecule has 0 bridgehead atoms. The predicted molar refractivity (Wildman–Crippen MR) is 74.7 cm³/mol. The van der Waals surface area contributed by atoms with Crippen LogP contribution < -0.4 is 16.0 Å². The molecular formula is C13H26F4N4. The van der Waals surface area contributed by atoms with E-state index in [-0.39, 0.29) is 51.9 Å². The fourth-order valence-electron chi connectivity index (χ4n) is 2.08. The molecule has 1 rings (SSSR count). The van der Waals surface area contributed by atoms with E-state index in [0.717, 1.165) is 0 Å². The highest BCUT2D eigenvalue weighted by Gasteiger charge is 2.17. The Morgan fingerprint density at radius 3 is 1.67 bits per heavy atom. The van der Waals surface area contributed by atoms with Crippen molar-refractivity contribution in [3.8, 4) is 0 Å². The van der Waals surface area contributed by atoms with E-state index in [9.17, 15) is 17.6 Å². The molecule has 4 nitrogen and oxygen atoms in total. The first-order valence-corrected chi connectivity index (χ1v) is 7.45. The van der Waals surface area contributed by atoms with Crippen LogP contribution in [0.3, 0.4) is 0 Å². The van der Waals surface area contributed by atoms with Gasteiger partial charge in [0.25, 0.3) is 0 Å². The second-order valence-electron chi connectivity index (χ2n) is 5.33. The first kappa shape index (κ1) is 18.6. The number of hydrogen-bond acceptors (Lipinski definition) is 4. The van der Waals surface area contributed by atoms with E-state index < -0.39 is 25.2 Å². The Morgan fingerprint density at radius 1 is 0.714 bits per heavy atom. The van der Waals surface area contributed by atoms with Gasteiger partial charge in [-0.3, -0.25) is 20.9 Å². The van der Waals surface area contributed by atoms with Crippen molar-refractivity contribution in [2.75, 3.05) is 33.2 Å². The quantitative estimate of drug-likeness (QED) is 0.467. The van der Waals surface area contributed by atoms with E-state index in [0.29, 0.717) is 0 Å². The lowest BCUT2D eigenvalue weighted by atomic mass is 10.3. The smallest absolute Gasteiger partial charge is 0.154 e. The van der Waals surface area contributed by atoms with Gasteiger partial charge in [0.05, 0.1) is 0 Å². The van der Waals surface area contributed by atoms with Crippen molar-refractivity contribution >= 4 is 0 Å². The second-order valence-corrected chi connectivity index (χ2v) is 5.33. The molecule has 1 saturated heterocycles. The van der Waals surface area contributed by atoms with Gasteiger partial charge in [0.2, 0.25) is 0 Å². The van der Waals surface area contributed by atoms with Crippen molar-refractivity contribution in [1.29, 1.82) is 0 Å². The maximum Gasteiger partial charge on any atom is 0.154 e. The largest absolute Gasteiger partial charge is 0.288 e. The Morgan fingerprint density at radius 2 is 1.14 bits per heavy atom. The molecule has 3 N–H and O–H groups in total. The van der Waals surface area contributed by atoms with Crippen LogP contribution in [0.15, 0.2) is 0 Å². The highest BCUT2D eigenvalue weighted by Crippen LogP contribution is 2.07. The first-order chi connectivity index (χ1) is 9.99. The molecular weight excluding hydrogens is 288 g/mol. The van der Waals surface area contributed by atoms with Gasteiger partial charge in [0.15, 0.2) is 25.2 Å². The summed E-state index contributed by atoms with van der Waals surface area (Å²) in [7, 11) is 1.56. The number of rotatable bonds is 0. The highest BCUT2D eigenvalue weighted by atomic mass is 19.1. The summed E-state index contributed by atoms with van der Waals surface area (Å²) in [6, 6.07) is 0. The molecule has 0 aromatic rings. The van der Waals surface area contributed by atoms with Crippen molar-refractivity contribution in [2.24, 2.45) is 0 Å². The van der Waals surface area contributed by atoms with Crippen LogP contribution in [-0.2, 0) is 0 Å². The molecule has 1 aliphatic rings. The Hall–Kier alpha value is -0.440. The van der Waals surface area contributed by atoms with Crippen molar-refractivity contribution < 1.29 is 17.6 Å². The normalized spacial score (nSPS) is 36.4. The molecule has 0 aromatic carbocycles. The molecule has 0 spiro atoms. The minimum Gasteiger partial charge on any atom is -0.288 e.